The largest absolute Gasteiger partial charge is 0.490 e. The van der Waals surface area contributed by atoms with Crippen LogP contribution in [-0.4, -0.2) is 90.2 Å². The van der Waals surface area contributed by atoms with Crippen molar-refractivity contribution in [3.8, 4) is 0 Å². The summed E-state index contributed by atoms with van der Waals surface area (Å²) in [5.41, 5.74) is 0. The molecule has 180 valence electrons. The van der Waals surface area contributed by atoms with E-state index in [9.17, 15) is 40.7 Å². The number of hydrogen-bond donors (Lipinski definition) is 1. The molecule has 1 aliphatic heterocycles. The molecular weight excluding hydrogens is 474 g/mol. The molecule has 1 aromatic heterocycles. The fourth-order valence-corrected chi connectivity index (χ4v) is 3.30. The van der Waals surface area contributed by atoms with Crippen molar-refractivity contribution in [3.63, 3.8) is 0 Å². The molecule has 0 unspecified atom stereocenters. The molecule has 1 saturated heterocycles. The first kappa shape index (κ1) is 27.4. The molecule has 15 heteroatoms. The number of hydrogen-bond acceptors (Lipinski definition) is 7. The summed E-state index contributed by atoms with van der Waals surface area (Å²) in [6.07, 6.45) is -10.0. The highest BCUT2D eigenvalue weighted by atomic mass is 32.1. The van der Waals surface area contributed by atoms with E-state index in [1.807, 2.05) is 4.90 Å². The number of ketones is 1. The molecule has 0 atom stereocenters. The fourth-order valence-electron chi connectivity index (χ4n) is 2.37. The zero-order valence-corrected chi connectivity index (χ0v) is 17.3. The minimum absolute atomic E-state index is 0.0893. The topological polar surface area (TPSA) is 104 Å². The van der Waals surface area contributed by atoms with Gasteiger partial charge in [-0.05, 0) is 19.1 Å². The van der Waals surface area contributed by atoms with Gasteiger partial charge in [0.2, 0.25) is 0 Å². The van der Waals surface area contributed by atoms with Crippen LogP contribution in [0.4, 0.5) is 26.3 Å². The van der Waals surface area contributed by atoms with E-state index >= 15 is 0 Å². The smallest absolute Gasteiger partial charge is 0.475 e. The molecule has 2 rings (SSSR count). The number of carboxylic acid groups (broad SMARTS) is 1. The summed E-state index contributed by atoms with van der Waals surface area (Å²) in [4.78, 5) is 46.8. The van der Waals surface area contributed by atoms with Gasteiger partial charge in [0.25, 0.3) is 11.7 Å². The van der Waals surface area contributed by atoms with Crippen LogP contribution in [0.2, 0.25) is 0 Å². The molecule has 0 spiro atoms. The Hall–Kier alpha value is -2.68. The second-order valence-electron chi connectivity index (χ2n) is 6.17. The number of carboxylic acids is 1. The summed E-state index contributed by atoms with van der Waals surface area (Å²) in [7, 11) is 0. The number of halogens is 6. The lowest BCUT2D eigenvalue weighted by atomic mass is 10.2. The van der Waals surface area contributed by atoms with E-state index in [0.29, 0.717) is 44.1 Å². The Morgan fingerprint density at radius 1 is 0.969 bits per heavy atom. The van der Waals surface area contributed by atoms with Gasteiger partial charge in [0.15, 0.2) is 0 Å². The van der Waals surface area contributed by atoms with Gasteiger partial charge in [-0.25, -0.2) is 4.79 Å². The highest BCUT2D eigenvalue weighted by molar-refractivity contribution is 7.16. The second-order valence-corrected chi connectivity index (χ2v) is 7.25. The third-order valence-electron chi connectivity index (χ3n) is 3.86. The number of nitrogens with zero attached hydrogens (tertiary/aromatic N) is 2. The number of esters is 1. The molecule has 0 bridgehead atoms. The Kier molecular flexibility index (Phi) is 9.63. The van der Waals surface area contributed by atoms with Gasteiger partial charge in [-0.2, -0.15) is 26.3 Å². The SMILES string of the molecule is CCOC(=O)CN1CCN(C(=O)c2ccc(C(=O)C(F)(F)F)s2)CC1.O=C(O)C(F)(F)F. The minimum Gasteiger partial charge on any atom is -0.475 e. The minimum atomic E-state index is -5.08. The Labute approximate surface area is 181 Å². The number of Topliss-reactive ketones (excluding diaryl/α,β-unsaturated/α-hetero) is 1. The lowest BCUT2D eigenvalue weighted by molar-refractivity contribution is -0.192. The lowest BCUT2D eigenvalue weighted by Gasteiger charge is -2.33. The predicted molar refractivity (Wildman–Crippen MR) is 97.4 cm³/mol. The average molecular weight is 492 g/mol. The van der Waals surface area contributed by atoms with E-state index in [1.165, 1.54) is 11.0 Å². The van der Waals surface area contributed by atoms with Crippen molar-refractivity contribution in [1.82, 2.24) is 9.80 Å². The first-order valence-corrected chi connectivity index (χ1v) is 9.67. The highest BCUT2D eigenvalue weighted by Gasteiger charge is 2.40. The van der Waals surface area contributed by atoms with Crippen molar-refractivity contribution in [2.24, 2.45) is 0 Å². The van der Waals surface area contributed by atoms with Crippen molar-refractivity contribution in [2.45, 2.75) is 19.3 Å². The third-order valence-corrected chi connectivity index (χ3v) is 4.93. The van der Waals surface area contributed by atoms with Crippen molar-refractivity contribution in [1.29, 1.82) is 0 Å². The summed E-state index contributed by atoms with van der Waals surface area (Å²) in [5, 5.41) is 7.12. The van der Waals surface area contributed by atoms with Gasteiger partial charge in [0, 0.05) is 26.2 Å². The summed E-state index contributed by atoms with van der Waals surface area (Å²) in [6, 6.07) is 2.25. The van der Waals surface area contributed by atoms with Crippen LogP contribution in [-0.2, 0) is 14.3 Å². The first-order valence-electron chi connectivity index (χ1n) is 8.85. The van der Waals surface area contributed by atoms with Crippen molar-refractivity contribution in [2.75, 3.05) is 39.3 Å². The number of carbonyl (C=O) groups is 4. The van der Waals surface area contributed by atoms with Crippen LogP contribution in [0.1, 0.15) is 26.3 Å². The van der Waals surface area contributed by atoms with Gasteiger partial charge in [-0.3, -0.25) is 19.3 Å². The Morgan fingerprint density at radius 2 is 1.47 bits per heavy atom. The van der Waals surface area contributed by atoms with Gasteiger partial charge in [-0.15, -0.1) is 11.3 Å². The number of carbonyl (C=O) groups excluding carboxylic acids is 3. The maximum atomic E-state index is 12.4. The van der Waals surface area contributed by atoms with Crippen molar-refractivity contribution in [3.05, 3.63) is 21.9 Å². The van der Waals surface area contributed by atoms with Crippen LogP contribution in [0.15, 0.2) is 12.1 Å². The van der Waals surface area contributed by atoms with Gasteiger partial charge in [-0.1, -0.05) is 0 Å². The maximum absolute atomic E-state index is 12.4. The molecule has 1 aromatic rings. The summed E-state index contributed by atoms with van der Waals surface area (Å²) >= 11 is 0.539. The maximum Gasteiger partial charge on any atom is 0.490 e. The standard InChI is InChI=1S/C15H17F3N2O4S.C2HF3O2/c1-2-24-12(21)9-19-5-7-20(8-6-19)14(23)11-4-3-10(25-11)13(22)15(16,17)18;3-2(4,5)1(6)7/h3-4H,2,5-9H2,1H3;(H,6,7). The van der Waals surface area contributed by atoms with E-state index in [1.54, 1.807) is 6.92 Å². The van der Waals surface area contributed by atoms with Crippen LogP contribution < -0.4 is 0 Å². The molecule has 1 aliphatic rings. The summed E-state index contributed by atoms with van der Waals surface area (Å²) in [5.74, 6) is -5.46. The van der Waals surface area contributed by atoms with Gasteiger partial charge in [0.1, 0.15) is 0 Å². The summed E-state index contributed by atoms with van der Waals surface area (Å²) in [6.45, 7) is 3.77. The second kappa shape index (κ2) is 11.3. The highest BCUT2D eigenvalue weighted by Crippen LogP contribution is 2.27. The number of rotatable bonds is 5. The molecule has 1 fully saturated rings. The molecule has 0 aromatic carbocycles. The number of alkyl halides is 6. The van der Waals surface area contributed by atoms with E-state index in [0.717, 1.165) is 6.07 Å². The fraction of sp³-hybridized carbons (Fsp3) is 0.529. The number of ether oxygens (including phenoxy) is 1. The molecule has 0 saturated carbocycles. The number of piperazine rings is 1. The zero-order valence-electron chi connectivity index (χ0n) is 16.5. The summed E-state index contributed by atoms with van der Waals surface area (Å²) < 4.78 is 73.9. The molecule has 2 heterocycles. The van der Waals surface area contributed by atoms with E-state index in [4.69, 9.17) is 14.6 Å². The van der Waals surface area contributed by atoms with Crippen LogP contribution >= 0.6 is 11.3 Å². The van der Waals surface area contributed by atoms with Gasteiger partial charge in [0.05, 0.1) is 22.9 Å². The Bertz CT molecular complexity index is 830. The number of aliphatic carboxylic acids is 1. The predicted octanol–water partition coefficient (Wildman–Crippen LogP) is 2.45. The van der Waals surface area contributed by atoms with Gasteiger partial charge >= 0.3 is 24.3 Å². The quantitative estimate of drug-likeness (QED) is 0.383. The lowest BCUT2D eigenvalue weighted by Crippen LogP contribution is -2.50. The molecule has 1 N–H and O–H groups in total. The van der Waals surface area contributed by atoms with E-state index in [2.05, 4.69) is 0 Å². The normalized spacial score (nSPS) is 14.9. The number of amides is 1. The third kappa shape index (κ3) is 8.45. The average Bonchev–Trinajstić information content (AvgIpc) is 3.16. The van der Waals surface area contributed by atoms with Crippen LogP contribution in [0.25, 0.3) is 0 Å². The van der Waals surface area contributed by atoms with Crippen molar-refractivity contribution < 1.29 is 55.4 Å². The van der Waals surface area contributed by atoms with Crippen LogP contribution in [0.3, 0.4) is 0 Å². The Morgan fingerprint density at radius 3 is 1.91 bits per heavy atom. The molecule has 0 aliphatic carbocycles. The Balaban J connectivity index is 0.000000633. The first-order chi connectivity index (χ1) is 14.7. The van der Waals surface area contributed by atoms with E-state index in [-0.39, 0.29) is 17.4 Å². The molecule has 8 nitrogen and oxygen atoms in total. The molecule has 32 heavy (non-hydrogen) atoms. The monoisotopic (exact) mass is 492 g/mol. The zero-order chi connectivity index (χ0) is 24.7. The van der Waals surface area contributed by atoms with Gasteiger partial charge < -0.3 is 14.7 Å². The van der Waals surface area contributed by atoms with E-state index < -0.39 is 34.9 Å². The van der Waals surface area contributed by atoms with Crippen molar-refractivity contribution >= 4 is 35.0 Å². The van der Waals surface area contributed by atoms with Crippen LogP contribution in [0.5, 0.6) is 0 Å². The molecule has 0 radical (unpaired) electrons. The van der Waals surface area contributed by atoms with Crippen LogP contribution in [0, 0.1) is 0 Å². The molecular formula is C17H18F6N2O6S. The molecule has 1 amide bonds. The number of thiophene rings is 1.